The van der Waals surface area contributed by atoms with E-state index in [4.69, 9.17) is 0 Å². The maximum atomic E-state index is 12.6. The van der Waals surface area contributed by atoms with E-state index in [-0.39, 0.29) is 5.92 Å². The van der Waals surface area contributed by atoms with Crippen molar-refractivity contribution in [1.82, 2.24) is 10.6 Å². The second-order valence-corrected chi connectivity index (χ2v) is 8.55. The van der Waals surface area contributed by atoms with Crippen LogP contribution >= 0.6 is 0 Å². The molecular formula is C18H30N2O. The van der Waals surface area contributed by atoms with Crippen LogP contribution in [-0.4, -0.2) is 25.0 Å². The lowest BCUT2D eigenvalue weighted by molar-refractivity contribution is -0.130. The van der Waals surface area contributed by atoms with Gasteiger partial charge in [0.25, 0.3) is 0 Å². The Balaban J connectivity index is 1.42. The van der Waals surface area contributed by atoms with Gasteiger partial charge in [0.15, 0.2) is 0 Å². The van der Waals surface area contributed by atoms with Crippen LogP contribution in [0, 0.1) is 29.1 Å². The van der Waals surface area contributed by atoms with Gasteiger partial charge in [-0.05, 0) is 88.0 Å². The molecule has 1 aliphatic heterocycles. The molecule has 0 spiro atoms. The van der Waals surface area contributed by atoms with E-state index < -0.39 is 0 Å². The van der Waals surface area contributed by atoms with Crippen LogP contribution in [0.4, 0.5) is 0 Å². The fourth-order valence-electron chi connectivity index (χ4n) is 6.27. The zero-order chi connectivity index (χ0) is 14.4. The summed E-state index contributed by atoms with van der Waals surface area (Å²) in [5.74, 6) is 3.41. The Kier molecular flexibility index (Phi) is 3.52. The van der Waals surface area contributed by atoms with Crippen molar-refractivity contribution in [3.05, 3.63) is 0 Å². The molecule has 3 heteroatoms. The highest BCUT2D eigenvalue weighted by atomic mass is 16.2. The summed E-state index contributed by atoms with van der Waals surface area (Å²) in [4.78, 5) is 12.6. The lowest BCUT2D eigenvalue weighted by Crippen LogP contribution is -2.57. The number of nitrogens with one attached hydrogen (secondary N) is 2. The molecule has 118 valence electrons. The number of rotatable bonds is 3. The predicted octanol–water partition coefficient (Wildman–Crippen LogP) is 2.71. The van der Waals surface area contributed by atoms with Gasteiger partial charge in [0.1, 0.15) is 0 Å². The van der Waals surface area contributed by atoms with Crippen LogP contribution in [0.25, 0.3) is 0 Å². The van der Waals surface area contributed by atoms with Gasteiger partial charge in [-0.2, -0.15) is 0 Å². The van der Waals surface area contributed by atoms with E-state index in [0.29, 0.717) is 17.4 Å². The predicted molar refractivity (Wildman–Crippen MR) is 83.8 cm³/mol. The van der Waals surface area contributed by atoms with Gasteiger partial charge in [-0.3, -0.25) is 4.79 Å². The van der Waals surface area contributed by atoms with Crippen molar-refractivity contribution in [1.29, 1.82) is 0 Å². The van der Waals surface area contributed by atoms with Crippen LogP contribution in [0.1, 0.15) is 58.3 Å². The minimum atomic E-state index is 0.204. The molecule has 5 fully saturated rings. The third-order valence-electron chi connectivity index (χ3n) is 7.03. The van der Waals surface area contributed by atoms with Crippen LogP contribution < -0.4 is 10.6 Å². The third-order valence-corrected chi connectivity index (χ3v) is 7.03. The van der Waals surface area contributed by atoms with Crippen LogP contribution in [0.3, 0.4) is 0 Å². The Labute approximate surface area is 128 Å². The highest BCUT2D eigenvalue weighted by molar-refractivity contribution is 5.79. The maximum absolute atomic E-state index is 12.6. The fraction of sp³-hybridized carbons (Fsp3) is 0.944. The zero-order valence-corrected chi connectivity index (χ0v) is 13.4. The van der Waals surface area contributed by atoms with Crippen LogP contribution in [0.15, 0.2) is 0 Å². The fourth-order valence-corrected chi connectivity index (χ4v) is 6.27. The Hall–Kier alpha value is -0.570. The lowest BCUT2D eigenvalue weighted by Gasteiger charge is -2.59. The van der Waals surface area contributed by atoms with Gasteiger partial charge in [-0.25, -0.2) is 0 Å². The second kappa shape index (κ2) is 5.26. The Morgan fingerprint density at radius 1 is 1.14 bits per heavy atom. The molecule has 3 nitrogen and oxygen atoms in total. The van der Waals surface area contributed by atoms with E-state index in [1.165, 1.54) is 38.5 Å². The SMILES string of the molecule is C[C@@H](NC(=O)[C@H]1CCCNC1)C12CC3CC(CC(C3)C1)C2. The number of hydrogen-bond acceptors (Lipinski definition) is 2. The molecule has 1 saturated heterocycles. The normalized spacial score (nSPS) is 46.3. The summed E-state index contributed by atoms with van der Waals surface area (Å²) in [6, 6.07) is 0.375. The molecule has 5 aliphatic rings. The van der Waals surface area contributed by atoms with Crippen molar-refractivity contribution in [2.24, 2.45) is 29.1 Å². The third kappa shape index (κ3) is 2.52. The number of carbonyl (C=O) groups excluding carboxylic acids is 1. The van der Waals surface area contributed by atoms with Crippen LogP contribution in [0.5, 0.6) is 0 Å². The monoisotopic (exact) mass is 290 g/mol. The van der Waals surface area contributed by atoms with Gasteiger partial charge < -0.3 is 10.6 Å². The van der Waals surface area contributed by atoms with Gasteiger partial charge >= 0.3 is 0 Å². The largest absolute Gasteiger partial charge is 0.353 e. The molecule has 0 aromatic heterocycles. The average Bonchev–Trinajstić information content (AvgIpc) is 2.46. The molecule has 4 bridgehead atoms. The summed E-state index contributed by atoms with van der Waals surface area (Å²) in [7, 11) is 0. The molecule has 2 atom stereocenters. The zero-order valence-electron chi connectivity index (χ0n) is 13.4. The van der Waals surface area contributed by atoms with Crippen molar-refractivity contribution in [2.75, 3.05) is 13.1 Å². The summed E-state index contributed by atoms with van der Waals surface area (Å²) in [5, 5.41) is 6.79. The average molecular weight is 290 g/mol. The summed E-state index contributed by atoms with van der Waals surface area (Å²) >= 11 is 0. The Morgan fingerprint density at radius 2 is 1.76 bits per heavy atom. The maximum Gasteiger partial charge on any atom is 0.224 e. The number of carbonyl (C=O) groups is 1. The summed E-state index contributed by atoms with van der Waals surface area (Å²) < 4.78 is 0. The first-order valence-corrected chi connectivity index (χ1v) is 9.16. The molecule has 0 radical (unpaired) electrons. The molecule has 1 heterocycles. The van der Waals surface area contributed by atoms with Crippen molar-refractivity contribution in [3.8, 4) is 0 Å². The Morgan fingerprint density at radius 3 is 2.29 bits per heavy atom. The quantitative estimate of drug-likeness (QED) is 0.839. The van der Waals surface area contributed by atoms with Crippen LogP contribution in [0.2, 0.25) is 0 Å². The molecule has 0 aromatic rings. The van der Waals surface area contributed by atoms with E-state index in [1.54, 1.807) is 0 Å². The van der Waals surface area contributed by atoms with Crippen molar-refractivity contribution in [3.63, 3.8) is 0 Å². The van der Waals surface area contributed by atoms with Crippen LogP contribution in [-0.2, 0) is 4.79 Å². The van der Waals surface area contributed by atoms with E-state index >= 15 is 0 Å². The number of amides is 1. The summed E-state index contributed by atoms with van der Waals surface area (Å²) in [6.07, 6.45) is 10.8. The van der Waals surface area contributed by atoms with Crippen molar-refractivity contribution in [2.45, 2.75) is 64.3 Å². The smallest absolute Gasteiger partial charge is 0.224 e. The van der Waals surface area contributed by atoms with Crippen molar-refractivity contribution < 1.29 is 4.79 Å². The first kappa shape index (κ1) is 14.0. The number of piperidine rings is 1. The molecule has 0 unspecified atom stereocenters. The second-order valence-electron chi connectivity index (χ2n) is 8.55. The van der Waals surface area contributed by atoms with E-state index in [9.17, 15) is 4.79 Å². The van der Waals surface area contributed by atoms with Gasteiger partial charge in [0.2, 0.25) is 5.91 Å². The lowest BCUT2D eigenvalue weighted by atomic mass is 9.48. The Bertz CT molecular complexity index is 378. The first-order valence-electron chi connectivity index (χ1n) is 9.16. The van der Waals surface area contributed by atoms with Gasteiger partial charge in [-0.1, -0.05) is 0 Å². The molecule has 21 heavy (non-hydrogen) atoms. The molecular weight excluding hydrogens is 260 g/mol. The van der Waals surface area contributed by atoms with E-state index in [1.807, 2.05) is 0 Å². The van der Waals surface area contributed by atoms with E-state index in [0.717, 1.165) is 43.7 Å². The molecule has 1 amide bonds. The highest BCUT2D eigenvalue weighted by Crippen LogP contribution is 2.61. The number of hydrogen-bond donors (Lipinski definition) is 2. The summed E-state index contributed by atoms with van der Waals surface area (Å²) in [5.41, 5.74) is 0.437. The standard InChI is InChI=1S/C18H30N2O/c1-12(20-17(21)16-3-2-4-19-11-16)18-8-13-5-14(9-18)7-15(6-13)10-18/h12-16,19H,2-11H2,1H3,(H,20,21)/t12-,13?,14?,15?,16+,18?/m1/s1. The molecule has 4 aliphatic carbocycles. The summed E-state index contributed by atoms with van der Waals surface area (Å²) in [6.45, 7) is 4.25. The first-order chi connectivity index (χ1) is 10.1. The van der Waals surface area contributed by atoms with Gasteiger partial charge in [-0.15, -0.1) is 0 Å². The minimum absolute atomic E-state index is 0.204. The van der Waals surface area contributed by atoms with Gasteiger partial charge in [0.05, 0.1) is 5.92 Å². The van der Waals surface area contributed by atoms with E-state index in [2.05, 4.69) is 17.6 Å². The highest BCUT2D eigenvalue weighted by Gasteiger charge is 2.53. The van der Waals surface area contributed by atoms with Crippen molar-refractivity contribution >= 4 is 5.91 Å². The molecule has 2 N–H and O–H groups in total. The minimum Gasteiger partial charge on any atom is -0.353 e. The molecule has 0 aromatic carbocycles. The topological polar surface area (TPSA) is 41.1 Å². The molecule has 4 saturated carbocycles. The van der Waals surface area contributed by atoms with Gasteiger partial charge in [0, 0.05) is 12.6 Å². The molecule has 5 rings (SSSR count).